The van der Waals surface area contributed by atoms with Gasteiger partial charge >= 0.3 is 11.9 Å². The molecular formula is C13H15N2O5+. The number of carbonyl (C=O) groups excluding carboxylic acids is 3. The van der Waals surface area contributed by atoms with Crippen molar-refractivity contribution in [2.75, 3.05) is 14.2 Å². The summed E-state index contributed by atoms with van der Waals surface area (Å²) in [6.45, 7) is 1.31. The fourth-order valence-electron chi connectivity index (χ4n) is 1.54. The number of hydrogen-bond donors (Lipinski definition) is 0. The first-order valence-corrected chi connectivity index (χ1v) is 5.71. The maximum Gasteiger partial charge on any atom is 0.345 e. The van der Waals surface area contributed by atoms with Crippen LogP contribution in [0.25, 0.3) is 0 Å². The summed E-state index contributed by atoms with van der Waals surface area (Å²) in [4.78, 5) is 39.0. The van der Waals surface area contributed by atoms with Crippen molar-refractivity contribution in [3.05, 3.63) is 35.9 Å². The Morgan fingerprint density at radius 2 is 1.55 bits per heavy atom. The second kappa shape index (κ2) is 7.13. The van der Waals surface area contributed by atoms with E-state index in [4.69, 9.17) is 0 Å². The molecule has 0 spiro atoms. The van der Waals surface area contributed by atoms with Gasteiger partial charge in [0.15, 0.2) is 30.3 Å². The Hall–Kier alpha value is -2.57. The van der Waals surface area contributed by atoms with Gasteiger partial charge in [-0.15, -0.1) is 0 Å². The van der Waals surface area contributed by atoms with Crippen LogP contribution in [0.1, 0.15) is 6.92 Å². The Morgan fingerprint density at radius 1 is 1.05 bits per heavy atom. The van der Waals surface area contributed by atoms with E-state index in [-0.39, 0.29) is 12.1 Å². The minimum absolute atomic E-state index is 0.0138. The van der Waals surface area contributed by atoms with Crippen LogP contribution in [0.4, 0.5) is 0 Å². The third-order valence-corrected chi connectivity index (χ3v) is 2.53. The molecule has 1 heterocycles. The average Bonchev–Trinajstić information content (AvgIpc) is 2.46. The SMILES string of the molecule is COC(=O)C(C(=O)OC)=C(C[n+]1ccncc1)C(C)=O. The first kappa shape index (κ1) is 15.5. The lowest BCUT2D eigenvalue weighted by molar-refractivity contribution is -0.688. The molecule has 0 N–H and O–H groups in total. The van der Waals surface area contributed by atoms with Crippen LogP contribution in [0.2, 0.25) is 0 Å². The summed E-state index contributed by atoms with van der Waals surface area (Å²) in [6, 6.07) is 0. The molecule has 1 aromatic heterocycles. The second-order valence-electron chi connectivity index (χ2n) is 3.81. The molecule has 0 fully saturated rings. The first-order valence-electron chi connectivity index (χ1n) is 5.71. The molecule has 106 valence electrons. The molecule has 7 nitrogen and oxygen atoms in total. The molecule has 0 aromatic carbocycles. The summed E-state index contributed by atoms with van der Waals surface area (Å²) < 4.78 is 10.7. The number of Topliss-reactive ketones (excluding diaryl/α,β-unsaturated/α-hetero) is 1. The van der Waals surface area contributed by atoms with Gasteiger partial charge in [0.1, 0.15) is 0 Å². The highest BCUT2D eigenvalue weighted by Crippen LogP contribution is 2.10. The summed E-state index contributed by atoms with van der Waals surface area (Å²) in [5.41, 5.74) is -0.383. The van der Waals surface area contributed by atoms with Crippen LogP contribution in [0.3, 0.4) is 0 Å². The van der Waals surface area contributed by atoms with Crippen molar-refractivity contribution in [1.82, 2.24) is 4.98 Å². The number of hydrogen-bond acceptors (Lipinski definition) is 6. The normalized spacial score (nSPS) is 9.55. The van der Waals surface area contributed by atoms with Gasteiger partial charge in [-0.05, 0) is 6.92 Å². The van der Waals surface area contributed by atoms with Gasteiger partial charge in [-0.25, -0.2) is 9.59 Å². The Balaban J connectivity index is 3.31. The molecule has 0 aliphatic rings. The molecule has 7 heteroatoms. The maximum atomic E-state index is 11.7. The highest BCUT2D eigenvalue weighted by atomic mass is 16.5. The van der Waals surface area contributed by atoms with E-state index in [1.807, 2.05) is 0 Å². The van der Waals surface area contributed by atoms with E-state index in [2.05, 4.69) is 14.5 Å². The zero-order chi connectivity index (χ0) is 15.1. The standard InChI is InChI=1S/C13H15N2O5/c1-9(16)10(8-15-6-4-14-5-7-15)11(12(17)19-2)13(18)20-3/h4-7H,8H2,1-3H3/q+1. The molecule has 0 saturated heterocycles. The van der Waals surface area contributed by atoms with Gasteiger partial charge in [-0.1, -0.05) is 0 Å². The predicted molar refractivity (Wildman–Crippen MR) is 66.2 cm³/mol. The van der Waals surface area contributed by atoms with Gasteiger partial charge in [0.05, 0.1) is 32.2 Å². The van der Waals surface area contributed by atoms with E-state index in [1.165, 1.54) is 19.3 Å². The van der Waals surface area contributed by atoms with Crippen LogP contribution in [0, 0.1) is 0 Å². The van der Waals surface area contributed by atoms with Crippen molar-refractivity contribution in [1.29, 1.82) is 0 Å². The number of aromatic nitrogens is 2. The van der Waals surface area contributed by atoms with E-state index in [9.17, 15) is 14.4 Å². The molecule has 0 radical (unpaired) electrons. The van der Waals surface area contributed by atoms with Crippen LogP contribution in [-0.4, -0.2) is 36.9 Å². The number of allylic oxidation sites excluding steroid dienone is 1. The van der Waals surface area contributed by atoms with Crippen LogP contribution in [0.15, 0.2) is 35.9 Å². The molecular weight excluding hydrogens is 264 g/mol. The van der Waals surface area contributed by atoms with Gasteiger partial charge in [0.25, 0.3) is 0 Å². The third kappa shape index (κ3) is 3.71. The maximum absolute atomic E-state index is 11.7. The molecule has 0 aliphatic carbocycles. The molecule has 0 unspecified atom stereocenters. The monoisotopic (exact) mass is 279 g/mol. The fraction of sp³-hybridized carbons (Fsp3) is 0.308. The zero-order valence-electron chi connectivity index (χ0n) is 11.5. The van der Waals surface area contributed by atoms with E-state index >= 15 is 0 Å². The zero-order valence-corrected chi connectivity index (χ0v) is 11.5. The average molecular weight is 279 g/mol. The lowest BCUT2D eigenvalue weighted by Gasteiger charge is -2.07. The third-order valence-electron chi connectivity index (χ3n) is 2.53. The Bertz CT molecular complexity index is 533. The van der Waals surface area contributed by atoms with Crippen molar-refractivity contribution in [2.24, 2.45) is 0 Å². The van der Waals surface area contributed by atoms with Crippen LogP contribution in [-0.2, 0) is 30.4 Å². The summed E-state index contributed by atoms with van der Waals surface area (Å²) in [7, 11) is 2.26. The van der Waals surface area contributed by atoms with Crippen molar-refractivity contribution in [2.45, 2.75) is 13.5 Å². The Morgan fingerprint density at radius 3 is 1.95 bits per heavy atom. The molecule has 1 rings (SSSR count). The van der Waals surface area contributed by atoms with E-state index < -0.39 is 23.3 Å². The Labute approximate surface area is 115 Å². The van der Waals surface area contributed by atoms with Gasteiger partial charge in [-0.3, -0.25) is 9.78 Å². The molecule has 0 aliphatic heterocycles. The van der Waals surface area contributed by atoms with Crippen LogP contribution in [0.5, 0.6) is 0 Å². The number of rotatable bonds is 5. The smallest absolute Gasteiger partial charge is 0.345 e. The molecule has 0 atom stereocenters. The topological polar surface area (TPSA) is 86.4 Å². The molecule has 0 saturated carbocycles. The minimum atomic E-state index is -0.906. The highest BCUT2D eigenvalue weighted by molar-refractivity contribution is 6.19. The predicted octanol–water partition coefficient (Wildman–Crippen LogP) is -0.399. The number of methoxy groups -OCH3 is 2. The lowest BCUT2D eigenvalue weighted by atomic mass is 10.0. The van der Waals surface area contributed by atoms with Crippen molar-refractivity contribution in [3.8, 4) is 0 Å². The number of esters is 2. The van der Waals surface area contributed by atoms with Crippen molar-refractivity contribution < 1.29 is 28.4 Å². The largest absolute Gasteiger partial charge is 0.465 e. The first-order chi connectivity index (χ1) is 9.51. The second-order valence-corrected chi connectivity index (χ2v) is 3.81. The van der Waals surface area contributed by atoms with Gasteiger partial charge in [-0.2, -0.15) is 4.57 Å². The minimum Gasteiger partial charge on any atom is -0.465 e. The van der Waals surface area contributed by atoms with Gasteiger partial charge in [0, 0.05) is 0 Å². The van der Waals surface area contributed by atoms with E-state index in [0.29, 0.717) is 0 Å². The van der Waals surface area contributed by atoms with Crippen molar-refractivity contribution >= 4 is 17.7 Å². The number of carbonyl (C=O) groups is 3. The van der Waals surface area contributed by atoms with Gasteiger partial charge < -0.3 is 9.47 Å². The quantitative estimate of drug-likeness (QED) is 0.240. The number of ether oxygens (including phenoxy) is 2. The van der Waals surface area contributed by atoms with Crippen LogP contribution >= 0.6 is 0 Å². The van der Waals surface area contributed by atoms with Gasteiger partial charge in [0.2, 0.25) is 0 Å². The number of nitrogens with zero attached hydrogens (tertiary/aromatic N) is 2. The summed E-state index contributed by atoms with van der Waals surface area (Å²) in [5, 5.41) is 0. The molecule has 1 aromatic rings. The van der Waals surface area contributed by atoms with Crippen LogP contribution < -0.4 is 4.57 Å². The Kier molecular flexibility index (Phi) is 5.52. The molecule has 20 heavy (non-hydrogen) atoms. The van der Waals surface area contributed by atoms with E-state index in [0.717, 1.165) is 14.2 Å². The molecule has 0 amide bonds. The van der Waals surface area contributed by atoms with Crippen molar-refractivity contribution in [3.63, 3.8) is 0 Å². The summed E-state index contributed by atoms with van der Waals surface area (Å²) in [5.74, 6) is -2.23. The summed E-state index contributed by atoms with van der Waals surface area (Å²) >= 11 is 0. The van der Waals surface area contributed by atoms with E-state index in [1.54, 1.807) is 17.0 Å². The highest BCUT2D eigenvalue weighted by Gasteiger charge is 2.29. The lowest BCUT2D eigenvalue weighted by Crippen LogP contribution is -2.37. The summed E-state index contributed by atoms with van der Waals surface area (Å²) in [6.07, 6.45) is 6.26. The molecule has 0 bridgehead atoms. The number of ketones is 1. The fourth-order valence-corrected chi connectivity index (χ4v) is 1.54.